The van der Waals surface area contributed by atoms with Gasteiger partial charge in [0, 0.05) is 7.11 Å². The SMILES string of the molecule is CO[C@H]1CC(C)(C)C(/C=C/C(C)=C/C=C/C(C)=C/C=C/C=C(C)/C=C/C=C(C)/C=C/C2=C(C)C[C@@H](C)CC2(C)C)=C(C)C1=O. The Morgan fingerprint density at radius 1 is 0.682 bits per heavy atom. The first-order chi connectivity index (χ1) is 20.6. The average Bonchev–Trinajstić information content (AvgIpc) is 2.91. The van der Waals surface area contributed by atoms with E-state index in [1.807, 2.05) is 6.92 Å². The average molecular weight is 595 g/mol. The summed E-state index contributed by atoms with van der Waals surface area (Å²) >= 11 is 0. The molecule has 0 bridgehead atoms. The lowest BCUT2D eigenvalue weighted by molar-refractivity contribution is -0.127. The van der Waals surface area contributed by atoms with Crippen LogP contribution >= 0.6 is 0 Å². The van der Waals surface area contributed by atoms with Gasteiger partial charge in [0.05, 0.1) is 0 Å². The number of hydrogen-bond acceptors (Lipinski definition) is 2. The summed E-state index contributed by atoms with van der Waals surface area (Å²) < 4.78 is 5.41. The van der Waals surface area contributed by atoms with Crippen LogP contribution in [0, 0.1) is 16.7 Å². The highest BCUT2D eigenvalue weighted by molar-refractivity contribution is 6.00. The van der Waals surface area contributed by atoms with Gasteiger partial charge in [-0.3, -0.25) is 4.79 Å². The van der Waals surface area contributed by atoms with Crippen molar-refractivity contribution < 1.29 is 9.53 Å². The Hall–Kier alpha value is -3.23. The largest absolute Gasteiger partial charge is 0.373 e. The van der Waals surface area contributed by atoms with Gasteiger partial charge in [0.2, 0.25) is 0 Å². The highest BCUT2D eigenvalue weighted by Gasteiger charge is 2.37. The maximum atomic E-state index is 12.6. The number of hydrogen-bond donors (Lipinski definition) is 0. The Morgan fingerprint density at radius 2 is 1.11 bits per heavy atom. The number of Topliss-reactive ketones (excluding diaryl/α,β-unsaturated/α-hetero) is 1. The zero-order valence-electron chi connectivity index (χ0n) is 29.7. The molecule has 2 nitrogen and oxygen atoms in total. The molecule has 0 saturated heterocycles. The monoisotopic (exact) mass is 594 g/mol. The molecule has 2 atom stereocenters. The molecule has 44 heavy (non-hydrogen) atoms. The van der Waals surface area contributed by atoms with Crippen LogP contribution in [-0.2, 0) is 9.53 Å². The van der Waals surface area contributed by atoms with Gasteiger partial charge in [-0.15, -0.1) is 0 Å². The second kappa shape index (κ2) is 16.7. The van der Waals surface area contributed by atoms with Gasteiger partial charge in [-0.2, -0.15) is 0 Å². The number of carbonyl (C=O) groups is 1. The third kappa shape index (κ3) is 11.4. The van der Waals surface area contributed by atoms with E-state index in [-0.39, 0.29) is 22.7 Å². The van der Waals surface area contributed by atoms with Gasteiger partial charge in [0.15, 0.2) is 5.78 Å². The lowest BCUT2D eigenvalue weighted by Gasteiger charge is -2.36. The summed E-state index contributed by atoms with van der Waals surface area (Å²) in [6.07, 6.45) is 32.7. The molecule has 0 aliphatic heterocycles. The quantitative estimate of drug-likeness (QED) is 0.222. The lowest BCUT2D eigenvalue weighted by Crippen LogP contribution is -2.37. The minimum absolute atomic E-state index is 0.0969. The smallest absolute Gasteiger partial charge is 0.187 e. The molecule has 2 aliphatic rings. The van der Waals surface area contributed by atoms with Gasteiger partial charge in [0.1, 0.15) is 6.10 Å². The van der Waals surface area contributed by atoms with E-state index in [0.717, 1.165) is 22.6 Å². The Labute approximate surface area is 269 Å². The molecule has 0 aromatic heterocycles. The van der Waals surface area contributed by atoms with E-state index in [2.05, 4.69) is 154 Å². The Bertz CT molecular complexity index is 1380. The van der Waals surface area contributed by atoms with Crippen molar-refractivity contribution in [1.29, 1.82) is 0 Å². The van der Waals surface area contributed by atoms with Crippen molar-refractivity contribution in [2.75, 3.05) is 7.11 Å². The van der Waals surface area contributed by atoms with Crippen molar-refractivity contribution in [1.82, 2.24) is 0 Å². The molecule has 0 fully saturated rings. The molecular weight excluding hydrogens is 536 g/mol. The molecular formula is C42H58O2. The maximum absolute atomic E-state index is 12.6. The second-order valence-electron chi connectivity index (χ2n) is 14.2. The molecule has 0 N–H and O–H groups in total. The summed E-state index contributed by atoms with van der Waals surface area (Å²) in [5.74, 6) is 0.864. The van der Waals surface area contributed by atoms with Crippen LogP contribution in [0.2, 0.25) is 0 Å². The first kappa shape index (κ1) is 37.0. The molecule has 0 radical (unpaired) electrons. The maximum Gasteiger partial charge on any atom is 0.187 e. The van der Waals surface area contributed by atoms with Crippen LogP contribution < -0.4 is 0 Å². The molecule has 238 valence electrons. The van der Waals surface area contributed by atoms with Crippen LogP contribution in [0.3, 0.4) is 0 Å². The lowest BCUT2D eigenvalue weighted by atomic mass is 9.69. The predicted octanol–water partition coefficient (Wildman–Crippen LogP) is 11.7. The molecule has 2 rings (SSSR count). The molecule has 2 aliphatic carbocycles. The normalized spacial score (nSPS) is 24.5. The van der Waals surface area contributed by atoms with Gasteiger partial charge >= 0.3 is 0 Å². The van der Waals surface area contributed by atoms with Crippen molar-refractivity contribution >= 4 is 5.78 Å². The Balaban J connectivity index is 1.93. The second-order valence-corrected chi connectivity index (χ2v) is 14.2. The van der Waals surface area contributed by atoms with Crippen LogP contribution in [0.1, 0.15) is 95.4 Å². The number of carbonyl (C=O) groups excluding carboxylic acids is 1. The fourth-order valence-corrected chi connectivity index (χ4v) is 6.49. The molecule has 0 amide bonds. The Kier molecular flexibility index (Phi) is 14.1. The molecule has 0 unspecified atom stereocenters. The van der Waals surface area contributed by atoms with E-state index in [9.17, 15) is 4.79 Å². The summed E-state index contributed by atoms with van der Waals surface area (Å²) in [6.45, 7) is 24.1. The van der Waals surface area contributed by atoms with Gasteiger partial charge in [-0.25, -0.2) is 0 Å². The van der Waals surface area contributed by atoms with Crippen molar-refractivity contribution in [3.8, 4) is 0 Å². The van der Waals surface area contributed by atoms with Crippen molar-refractivity contribution in [3.63, 3.8) is 0 Å². The van der Waals surface area contributed by atoms with E-state index in [4.69, 9.17) is 4.74 Å². The van der Waals surface area contributed by atoms with E-state index in [1.54, 1.807) is 7.11 Å². The van der Waals surface area contributed by atoms with Crippen LogP contribution in [0.5, 0.6) is 0 Å². The summed E-state index contributed by atoms with van der Waals surface area (Å²) in [6, 6.07) is 0. The highest BCUT2D eigenvalue weighted by Crippen LogP contribution is 2.43. The van der Waals surface area contributed by atoms with Gasteiger partial charge in [-0.1, -0.05) is 148 Å². The van der Waals surface area contributed by atoms with Crippen LogP contribution in [-0.4, -0.2) is 19.0 Å². The molecule has 0 aromatic rings. The summed E-state index contributed by atoms with van der Waals surface area (Å²) in [5, 5.41) is 0. The highest BCUT2D eigenvalue weighted by atomic mass is 16.5. The fourth-order valence-electron chi connectivity index (χ4n) is 6.49. The standard InChI is InChI=1S/C42H58O2/c1-30(19-15-21-32(3)23-25-37-35(6)27-34(5)28-41(37,8)9)17-13-14-18-31(2)20-16-22-33(4)24-26-38-36(7)40(43)39(44-12)29-42(38,10)11/h13-26,34,39H,27-29H2,1-12H3/b14-13+,19-15+,20-16+,25-23+,26-24+,30-17+,31-18+,32-21+,33-22+/t34-,39+/m1/s1. The first-order valence-electron chi connectivity index (χ1n) is 16.1. The first-order valence-corrected chi connectivity index (χ1v) is 16.1. The van der Waals surface area contributed by atoms with E-state index in [1.165, 1.54) is 40.7 Å². The minimum Gasteiger partial charge on any atom is -0.373 e. The molecule has 0 saturated carbocycles. The third-order valence-corrected chi connectivity index (χ3v) is 8.77. The number of rotatable bonds is 11. The minimum atomic E-state index is -0.341. The Morgan fingerprint density at radius 3 is 1.59 bits per heavy atom. The molecule has 0 heterocycles. The topological polar surface area (TPSA) is 26.3 Å². The molecule has 0 spiro atoms. The third-order valence-electron chi connectivity index (χ3n) is 8.77. The van der Waals surface area contributed by atoms with Crippen LogP contribution in [0.25, 0.3) is 0 Å². The van der Waals surface area contributed by atoms with Crippen molar-refractivity contribution in [2.24, 2.45) is 16.7 Å². The molecule has 2 heteroatoms. The van der Waals surface area contributed by atoms with Gasteiger partial charge in [-0.05, 0) is 94.3 Å². The molecule has 0 aromatic carbocycles. The van der Waals surface area contributed by atoms with E-state index in [0.29, 0.717) is 6.42 Å². The van der Waals surface area contributed by atoms with Crippen molar-refractivity contribution in [2.45, 2.75) is 102 Å². The summed E-state index contributed by atoms with van der Waals surface area (Å²) in [7, 11) is 1.62. The van der Waals surface area contributed by atoms with E-state index >= 15 is 0 Å². The van der Waals surface area contributed by atoms with Crippen molar-refractivity contribution in [3.05, 3.63) is 130 Å². The van der Waals surface area contributed by atoms with Gasteiger partial charge < -0.3 is 4.74 Å². The van der Waals surface area contributed by atoms with Crippen LogP contribution in [0.4, 0.5) is 0 Å². The van der Waals surface area contributed by atoms with E-state index < -0.39 is 0 Å². The number of methoxy groups -OCH3 is 1. The van der Waals surface area contributed by atoms with Crippen LogP contribution in [0.15, 0.2) is 130 Å². The zero-order chi connectivity index (χ0) is 33.1. The summed E-state index contributed by atoms with van der Waals surface area (Å²) in [4.78, 5) is 12.6. The van der Waals surface area contributed by atoms with Gasteiger partial charge in [0.25, 0.3) is 0 Å². The number of ketones is 1. The fraction of sp³-hybridized carbons (Fsp3) is 0.452. The summed E-state index contributed by atoms with van der Waals surface area (Å²) in [5.41, 5.74) is 9.84. The number of allylic oxidation sites excluding steroid dienone is 21. The number of ether oxygens (including phenoxy) is 1. The predicted molar refractivity (Wildman–Crippen MR) is 193 cm³/mol. The zero-order valence-corrected chi connectivity index (χ0v) is 29.7.